The molecule has 0 atom stereocenters. The van der Waals surface area contributed by atoms with E-state index >= 15 is 0 Å². The number of nitrogens with zero attached hydrogens (tertiary/aromatic N) is 1. The first-order chi connectivity index (χ1) is 9.04. The van der Waals surface area contributed by atoms with Crippen molar-refractivity contribution in [2.75, 3.05) is 24.7 Å². The van der Waals surface area contributed by atoms with Crippen LogP contribution in [0.25, 0.3) is 0 Å². The van der Waals surface area contributed by atoms with E-state index in [1.807, 2.05) is 0 Å². The van der Waals surface area contributed by atoms with Crippen LogP contribution in [0.3, 0.4) is 0 Å². The zero-order chi connectivity index (χ0) is 14.3. The van der Waals surface area contributed by atoms with Crippen LogP contribution < -0.4 is 5.73 Å². The van der Waals surface area contributed by atoms with Crippen LogP contribution >= 0.6 is 11.8 Å². The second-order valence-electron chi connectivity index (χ2n) is 4.33. The summed E-state index contributed by atoms with van der Waals surface area (Å²) >= 11 is 1.33. The zero-order valence-corrected chi connectivity index (χ0v) is 11.9. The molecule has 0 aliphatic heterocycles. The second-order valence-corrected chi connectivity index (χ2v) is 5.43. The van der Waals surface area contributed by atoms with Crippen LogP contribution in [0.15, 0.2) is 0 Å². The highest BCUT2D eigenvalue weighted by atomic mass is 32.2. The summed E-state index contributed by atoms with van der Waals surface area (Å²) in [4.78, 5) is 35.6. The summed E-state index contributed by atoms with van der Waals surface area (Å²) in [6.45, 7) is 2.08. The molecule has 0 saturated heterocycles. The Balaban J connectivity index is 2.32. The van der Waals surface area contributed by atoms with E-state index in [0.29, 0.717) is 18.8 Å². The molecule has 0 aromatic heterocycles. The number of hydrogen-bond donors (Lipinski definition) is 1. The van der Waals surface area contributed by atoms with E-state index in [1.165, 1.54) is 11.8 Å². The third-order valence-electron chi connectivity index (χ3n) is 2.62. The molecule has 0 aromatic carbocycles. The minimum atomic E-state index is -0.386. The lowest BCUT2D eigenvalue weighted by Gasteiger charge is -2.21. The molecule has 0 spiro atoms. The number of hydrogen-bond acceptors (Lipinski definition) is 5. The van der Waals surface area contributed by atoms with Crippen LogP contribution in [-0.4, -0.2) is 53.4 Å². The molecule has 1 fully saturated rings. The number of ether oxygens (including phenoxy) is 1. The van der Waals surface area contributed by atoms with E-state index in [2.05, 4.69) is 0 Å². The summed E-state index contributed by atoms with van der Waals surface area (Å²) in [5, 5.41) is 0. The van der Waals surface area contributed by atoms with E-state index in [4.69, 9.17) is 10.5 Å². The van der Waals surface area contributed by atoms with Gasteiger partial charge in [-0.15, -0.1) is 0 Å². The second kappa shape index (κ2) is 8.04. The average Bonchev–Trinajstić information content (AvgIpc) is 3.15. The van der Waals surface area contributed by atoms with Crippen molar-refractivity contribution in [3.63, 3.8) is 0 Å². The molecular formula is C12H20N2O4S. The topological polar surface area (TPSA) is 89.7 Å². The Morgan fingerprint density at radius 3 is 2.58 bits per heavy atom. The third kappa shape index (κ3) is 6.47. The van der Waals surface area contributed by atoms with Crippen molar-refractivity contribution < 1.29 is 19.1 Å². The molecule has 0 bridgehead atoms. The van der Waals surface area contributed by atoms with Gasteiger partial charge in [0, 0.05) is 18.2 Å². The summed E-state index contributed by atoms with van der Waals surface area (Å²) in [6.07, 6.45) is 2.20. The largest absolute Gasteiger partial charge is 0.465 e. The van der Waals surface area contributed by atoms with Gasteiger partial charge in [-0.25, -0.2) is 0 Å². The molecule has 0 unspecified atom stereocenters. The molecule has 2 N–H and O–H groups in total. The average molecular weight is 288 g/mol. The third-order valence-corrected chi connectivity index (χ3v) is 3.60. The number of carbonyl (C=O) groups excluding carboxylic acids is 3. The molecule has 2 amide bonds. The minimum absolute atomic E-state index is 0.0256. The molecule has 1 aliphatic rings. The fourth-order valence-electron chi connectivity index (χ4n) is 1.63. The Kier molecular flexibility index (Phi) is 6.69. The lowest BCUT2D eigenvalue weighted by atomic mass is 10.3. The van der Waals surface area contributed by atoms with Crippen LogP contribution in [0.5, 0.6) is 0 Å². The van der Waals surface area contributed by atoms with Gasteiger partial charge < -0.3 is 15.4 Å². The predicted octanol–water partition coefficient (Wildman–Crippen LogP) is 0.149. The SMILES string of the molecule is CCOC(=O)CN(C(=O)CCSCC(N)=O)C1CC1. The molecule has 108 valence electrons. The maximum absolute atomic E-state index is 12.0. The summed E-state index contributed by atoms with van der Waals surface area (Å²) in [6, 6.07) is 0.179. The van der Waals surface area contributed by atoms with E-state index in [-0.39, 0.29) is 36.1 Å². The van der Waals surface area contributed by atoms with Gasteiger partial charge >= 0.3 is 5.97 Å². The highest BCUT2D eigenvalue weighted by Crippen LogP contribution is 2.27. The van der Waals surface area contributed by atoms with Gasteiger partial charge in [-0.2, -0.15) is 11.8 Å². The number of thioether (sulfide) groups is 1. The number of carbonyl (C=O) groups is 3. The van der Waals surface area contributed by atoms with Crippen molar-refractivity contribution in [3.05, 3.63) is 0 Å². The van der Waals surface area contributed by atoms with E-state index in [1.54, 1.807) is 11.8 Å². The highest BCUT2D eigenvalue weighted by molar-refractivity contribution is 7.99. The monoisotopic (exact) mass is 288 g/mol. The maximum Gasteiger partial charge on any atom is 0.325 e. The van der Waals surface area contributed by atoms with E-state index in [0.717, 1.165) is 12.8 Å². The predicted molar refractivity (Wildman–Crippen MR) is 72.5 cm³/mol. The van der Waals surface area contributed by atoms with Crippen LogP contribution in [0.4, 0.5) is 0 Å². The zero-order valence-electron chi connectivity index (χ0n) is 11.1. The maximum atomic E-state index is 12.0. The van der Waals surface area contributed by atoms with Crippen molar-refractivity contribution in [2.45, 2.75) is 32.2 Å². The molecule has 6 nitrogen and oxygen atoms in total. The molecule has 0 heterocycles. The molecule has 19 heavy (non-hydrogen) atoms. The normalized spacial score (nSPS) is 13.9. The summed E-state index contributed by atoms with van der Waals surface area (Å²) in [7, 11) is 0. The Morgan fingerprint density at radius 1 is 1.37 bits per heavy atom. The minimum Gasteiger partial charge on any atom is -0.465 e. The van der Waals surface area contributed by atoms with Gasteiger partial charge in [0.1, 0.15) is 6.54 Å². The van der Waals surface area contributed by atoms with Crippen LogP contribution in [0, 0.1) is 0 Å². The number of nitrogens with two attached hydrogens (primary N) is 1. The van der Waals surface area contributed by atoms with Gasteiger partial charge in [0.05, 0.1) is 12.4 Å². The number of amides is 2. The van der Waals surface area contributed by atoms with Gasteiger partial charge in [0.2, 0.25) is 11.8 Å². The Hall–Kier alpha value is -1.24. The van der Waals surface area contributed by atoms with Crippen molar-refractivity contribution in [2.24, 2.45) is 5.73 Å². The van der Waals surface area contributed by atoms with Gasteiger partial charge in [-0.3, -0.25) is 14.4 Å². The number of esters is 1. The fourth-order valence-corrected chi connectivity index (χ4v) is 2.29. The summed E-state index contributed by atoms with van der Waals surface area (Å²) < 4.78 is 4.86. The number of rotatable bonds is 9. The van der Waals surface area contributed by atoms with Crippen LogP contribution in [0.1, 0.15) is 26.2 Å². The van der Waals surface area contributed by atoms with Gasteiger partial charge in [-0.05, 0) is 19.8 Å². The van der Waals surface area contributed by atoms with Crippen LogP contribution in [-0.2, 0) is 19.1 Å². The molecular weight excluding hydrogens is 268 g/mol. The molecule has 0 aromatic rings. The van der Waals surface area contributed by atoms with Crippen molar-refractivity contribution >= 4 is 29.5 Å². The first kappa shape index (κ1) is 15.8. The highest BCUT2D eigenvalue weighted by Gasteiger charge is 2.33. The lowest BCUT2D eigenvalue weighted by Crippen LogP contribution is -2.38. The summed E-state index contributed by atoms with van der Waals surface area (Å²) in [5.41, 5.74) is 5.01. The quantitative estimate of drug-likeness (QED) is 0.482. The van der Waals surface area contributed by atoms with Gasteiger partial charge in [0.15, 0.2) is 0 Å². The smallest absolute Gasteiger partial charge is 0.325 e. The molecule has 1 saturated carbocycles. The Bertz CT molecular complexity index is 345. The molecule has 1 rings (SSSR count). The van der Waals surface area contributed by atoms with Crippen LogP contribution in [0.2, 0.25) is 0 Å². The standard InChI is InChI=1S/C12H20N2O4S/c1-2-18-12(17)7-14(9-3-4-9)11(16)5-6-19-8-10(13)15/h9H,2-8H2,1H3,(H2,13,15). The first-order valence-electron chi connectivity index (χ1n) is 6.35. The van der Waals surface area contributed by atoms with Crippen molar-refractivity contribution in [1.82, 2.24) is 4.90 Å². The van der Waals surface area contributed by atoms with Gasteiger partial charge in [-0.1, -0.05) is 0 Å². The first-order valence-corrected chi connectivity index (χ1v) is 7.51. The van der Waals surface area contributed by atoms with E-state index in [9.17, 15) is 14.4 Å². The molecule has 0 radical (unpaired) electrons. The number of primary amides is 1. The lowest BCUT2D eigenvalue weighted by molar-refractivity contribution is -0.149. The molecule has 1 aliphatic carbocycles. The van der Waals surface area contributed by atoms with Crippen molar-refractivity contribution in [3.8, 4) is 0 Å². The Labute approximate surface area is 117 Å². The fraction of sp³-hybridized carbons (Fsp3) is 0.750. The van der Waals surface area contributed by atoms with Gasteiger partial charge in [0.25, 0.3) is 0 Å². The summed E-state index contributed by atoms with van der Waals surface area (Å²) in [5.74, 6) is -0.0642. The van der Waals surface area contributed by atoms with Crippen molar-refractivity contribution in [1.29, 1.82) is 0 Å². The Morgan fingerprint density at radius 2 is 2.05 bits per heavy atom. The van der Waals surface area contributed by atoms with E-state index < -0.39 is 0 Å². The molecule has 7 heteroatoms.